The average Bonchev–Trinajstić information content (AvgIpc) is 2.69. The van der Waals surface area contributed by atoms with Gasteiger partial charge in [-0.1, -0.05) is 13.8 Å². The van der Waals surface area contributed by atoms with Crippen LogP contribution in [0.3, 0.4) is 0 Å². The molecule has 0 radical (unpaired) electrons. The molecule has 3 atom stereocenters. The van der Waals surface area contributed by atoms with Gasteiger partial charge >= 0.3 is 0 Å². The predicted molar refractivity (Wildman–Crippen MR) is 68.5 cm³/mol. The number of rotatable bonds is 2. The minimum absolute atomic E-state index is 0.672. The van der Waals surface area contributed by atoms with E-state index in [4.69, 9.17) is 0 Å². The van der Waals surface area contributed by atoms with Gasteiger partial charge in [0, 0.05) is 37.0 Å². The van der Waals surface area contributed by atoms with Gasteiger partial charge in [0.1, 0.15) is 0 Å². The van der Waals surface area contributed by atoms with E-state index in [0.29, 0.717) is 6.04 Å². The summed E-state index contributed by atoms with van der Waals surface area (Å²) in [6, 6.07) is 2.28. The molecule has 3 heteroatoms. The van der Waals surface area contributed by atoms with E-state index < -0.39 is 0 Å². The lowest BCUT2D eigenvalue weighted by molar-refractivity contribution is 0.0689. The van der Waals surface area contributed by atoms with Crippen molar-refractivity contribution in [2.24, 2.45) is 5.92 Å². The van der Waals surface area contributed by atoms with Crippen molar-refractivity contribution in [1.82, 2.24) is 10.2 Å². The van der Waals surface area contributed by atoms with E-state index >= 15 is 0 Å². The van der Waals surface area contributed by atoms with E-state index in [1.807, 2.05) is 0 Å². The van der Waals surface area contributed by atoms with Crippen LogP contribution in [-0.2, 0) is 0 Å². The van der Waals surface area contributed by atoms with Crippen LogP contribution in [-0.4, -0.2) is 47.6 Å². The van der Waals surface area contributed by atoms with Gasteiger partial charge < -0.3 is 5.32 Å². The molecule has 3 unspecified atom stereocenters. The Bertz CT molecular complexity index is 202. The van der Waals surface area contributed by atoms with Gasteiger partial charge in [0.2, 0.25) is 0 Å². The van der Waals surface area contributed by atoms with Crippen molar-refractivity contribution < 1.29 is 0 Å². The van der Waals surface area contributed by atoms with Crippen molar-refractivity contribution in [3.05, 3.63) is 0 Å². The van der Waals surface area contributed by atoms with Gasteiger partial charge in [-0.2, -0.15) is 11.8 Å². The zero-order valence-electron chi connectivity index (χ0n) is 10.2. The fourth-order valence-corrected chi connectivity index (χ4v) is 4.01. The third kappa shape index (κ3) is 2.69. The number of thioether (sulfide) groups is 1. The highest BCUT2D eigenvalue weighted by molar-refractivity contribution is 7.99. The maximum absolute atomic E-state index is 3.62. The summed E-state index contributed by atoms with van der Waals surface area (Å²) < 4.78 is 0. The Labute approximate surface area is 98.2 Å². The van der Waals surface area contributed by atoms with Crippen LogP contribution in [0.1, 0.15) is 27.2 Å². The minimum Gasteiger partial charge on any atom is -0.311 e. The molecular formula is C12H24N2S. The molecule has 0 bridgehead atoms. The second kappa shape index (κ2) is 5.07. The highest BCUT2D eigenvalue weighted by Crippen LogP contribution is 2.27. The zero-order chi connectivity index (χ0) is 10.8. The molecule has 2 fully saturated rings. The van der Waals surface area contributed by atoms with E-state index in [-0.39, 0.29) is 0 Å². The van der Waals surface area contributed by atoms with Crippen molar-refractivity contribution in [2.75, 3.05) is 24.6 Å². The molecule has 88 valence electrons. The first-order valence-corrected chi connectivity index (χ1v) is 7.41. The summed E-state index contributed by atoms with van der Waals surface area (Å²) in [6.45, 7) is 9.45. The molecule has 15 heavy (non-hydrogen) atoms. The zero-order valence-corrected chi connectivity index (χ0v) is 11.0. The summed E-state index contributed by atoms with van der Waals surface area (Å²) in [7, 11) is 0. The Balaban J connectivity index is 2.01. The lowest BCUT2D eigenvalue weighted by Gasteiger charge is -2.44. The van der Waals surface area contributed by atoms with Crippen LogP contribution in [0, 0.1) is 5.92 Å². The number of hydrogen-bond acceptors (Lipinski definition) is 3. The first kappa shape index (κ1) is 11.7. The Morgan fingerprint density at radius 1 is 1.40 bits per heavy atom. The van der Waals surface area contributed by atoms with E-state index in [0.717, 1.165) is 18.0 Å². The van der Waals surface area contributed by atoms with Gasteiger partial charge in [0.05, 0.1) is 0 Å². The molecule has 1 N–H and O–H groups in total. The monoisotopic (exact) mass is 228 g/mol. The quantitative estimate of drug-likeness (QED) is 0.776. The molecule has 0 saturated carbocycles. The SMILES string of the molecule is CC1CN(C2CCSC2)C(C(C)C)CN1. The van der Waals surface area contributed by atoms with Crippen LogP contribution >= 0.6 is 11.8 Å². The van der Waals surface area contributed by atoms with Crippen LogP contribution in [0.4, 0.5) is 0 Å². The Kier molecular flexibility index (Phi) is 3.97. The van der Waals surface area contributed by atoms with Crippen molar-refractivity contribution in [2.45, 2.75) is 45.3 Å². The maximum Gasteiger partial charge on any atom is 0.0247 e. The number of piperazine rings is 1. The van der Waals surface area contributed by atoms with E-state index in [1.54, 1.807) is 0 Å². The van der Waals surface area contributed by atoms with Gasteiger partial charge in [-0.25, -0.2) is 0 Å². The minimum atomic E-state index is 0.672. The van der Waals surface area contributed by atoms with Crippen LogP contribution in [0.5, 0.6) is 0 Å². The number of nitrogens with one attached hydrogen (secondary N) is 1. The van der Waals surface area contributed by atoms with Gasteiger partial charge in [0.25, 0.3) is 0 Å². The normalized spacial score (nSPS) is 38.8. The highest BCUT2D eigenvalue weighted by atomic mass is 32.2. The lowest BCUT2D eigenvalue weighted by atomic mass is 9.96. The van der Waals surface area contributed by atoms with E-state index in [2.05, 4.69) is 42.7 Å². The third-order valence-corrected chi connectivity index (χ3v) is 4.88. The van der Waals surface area contributed by atoms with Gasteiger partial charge in [-0.05, 0) is 25.0 Å². The molecule has 2 aliphatic heterocycles. The first-order chi connectivity index (χ1) is 7.18. The molecule has 0 amide bonds. The molecule has 0 aromatic heterocycles. The number of hydrogen-bond donors (Lipinski definition) is 1. The van der Waals surface area contributed by atoms with Crippen LogP contribution in [0.2, 0.25) is 0 Å². The predicted octanol–water partition coefficient (Wildman–Crippen LogP) is 1.81. The Morgan fingerprint density at radius 3 is 2.80 bits per heavy atom. The summed E-state index contributed by atoms with van der Waals surface area (Å²) >= 11 is 2.13. The Morgan fingerprint density at radius 2 is 2.20 bits per heavy atom. The van der Waals surface area contributed by atoms with Crippen molar-refractivity contribution in [1.29, 1.82) is 0 Å². The van der Waals surface area contributed by atoms with Gasteiger partial charge in [-0.3, -0.25) is 4.90 Å². The summed E-state index contributed by atoms with van der Waals surface area (Å²) in [5.41, 5.74) is 0. The smallest absolute Gasteiger partial charge is 0.0247 e. The van der Waals surface area contributed by atoms with E-state index in [1.165, 1.54) is 31.0 Å². The van der Waals surface area contributed by atoms with Crippen molar-refractivity contribution in [3.8, 4) is 0 Å². The van der Waals surface area contributed by atoms with Gasteiger partial charge in [0.15, 0.2) is 0 Å². The molecule has 0 aliphatic carbocycles. The fourth-order valence-electron chi connectivity index (χ4n) is 2.78. The summed E-state index contributed by atoms with van der Waals surface area (Å²) in [4.78, 5) is 2.78. The summed E-state index contributed by atoms with van der Waals surface area (Å²) in [5.74, 6) is 3.50. The maximum atomic E-state index is 3.62. The second-order valence-electron chi connectivity index (χ2n) is 5.33. The summed E-state index contributed by atoms with van der Waals surface area (Å²) in [6.07, 6.45) is 1.40. The van der Waals surface area contributed by atoms with E-state index in [9.17, 15) is 0 Å². The highest BCUT2D eigenvalue weighted by Gasteiger charge is 2.34. The molecule has 2 aliphatic rings. The molecule has 2 heterocycles. The fraction of sp³-hybridized carbons (Fsp3) is 1.00. The topological polar surface area (TPSA) is 15.3 Å². The Hall–Kier alpha value is 0.270. The molecule has 2 rings (SSSR count). The third-order valence-electron chi connectivity index (χ3n) is 3.73. The average molecular weight is 228 g/mol. The van der Waals surface area contributed by atoms with Crippen molar-refractivity contribution >= 4 is 11.8 Å². The molecule has 0 spiro atoms. The standard InChI is InChI=1S/C12H24N2S/c1-9(2)12-6-13-10(3)7-14(12)11-4-5-15-8-11/h9-13H,4-8H2,1-3H3. The lowest BCUT2D eigenvalue weighted by Crippen LogP contribution is -2.60. The first-order valence-electron chi connectivity index (χ1n) is 6.25. The van der Waals surface area contributed by atoms with Crippen LogP contribution < -0.4 is 5.32 Å². The largest absolute Gasteiger partial charge is 0.311 e. The number of nitrogens with zero attached hydrogens (tertiary/aromatic N) is 1. The van der Waals surface area contributed by atoms with Crippen molar-refractivity contribution in [3.63, 3.8) is 0 Å². The second-order valence-corrected chi connectivity index (χ2v) is 6.48. The molecule has 0 aromatic rings. The molecule has 2 nitrogen and oxygen atoms in total. The molecule has 0 aromatic carbocycles. The summed E-state index contributed by atoms with van der Waals surface area (Å²) in [5, 5.41) is 3.62. The van der Waals surface area contributed by atoms with Crippen LogP contribution in [0.25, 0.3) is 0 Å². The molecular weight excluding hydrogens is 204 g/mol. The molecule has 2 saturated heterocycles. The van der Waals surface area contributed by atoms with Crippen LogP contribution in [0.15, 0.2) is 0 Å². The van der Waals surface area contributed by atoms with Gasteiger partial charge in [-0.15, -0.1) is 0 Å².